The van der Waals surface area contributed by atoms with Gasteiger partial charge in [0.1, 0.15) is 6.04 Å². The molecule has 4 rings (SSSR count). The number of alkyl halides is 2. The molecule has 0 saturated heterocycles. The van der Waals surface area contributed by atoms with Crippen molar-refractivity contribution >= 4 is 5.97 Å². The van der Waals surface area contributed by atoms with Crippen LogP contribution in [0.3, 0.4) is 0 Å². The molecule has 4 aliphatic rings. The van der Waals surface area contributed by atoms with Crippen molar-refractivity contribution in [1.29, 1.82) is 0 Å². The Bertz CT molecular complexity index is 611. The van der Waals surface area contributed by atoms with Crippen LogP contribution in [0.15, 0.2) is 0 Å². The Morgan fingerprint density at radius 3 is 2.48 bits per heavy atom. The first kappa shape index (κ1) is 19.6. The Labute approximate surface area is 161 Å². The van der Waals surface area contributed by atoms with Crippen LogP contribution < -0.4 is 5.73 Å². The summed E-state index contributed by atoms with van der Waals surface area (Å²) >= 11 is 0. The zero-order chi connectivity index (χ0) is 19.6. The molecule has 0 aromatic heterocycles. The SMILES string of the molecule is CC12CCC3C(C1CCC2CC(N)C(=O)O)C(F)(F)CC1CCCC[C@@]13C. The summed E-state index contributed by atoms with van der Waals surface area (Å²) in [6, 6.07) is -0.879. The number of hydrogen-bond acceptors (Lipinski definition) is 2. The molecule has 5 heteroatoms. The van der Waals surface area contributed by atoms with E-state index in [4.69, 9.17) is 5.73 Å². The Morgan fingerprint density at radius 2 is 1.78 bits per heavy atom. The lowest BCUT2D eigenvalue weighted by molar-refractivity contribution is -0.232. The predicted octanol–water partition coefficient (Wildman–Crippen LogP) is 5.08. The highest BCUT2D eigenvalue weighted by molar-refractivity contribution is 5.73. The first-order valence-corrected chi connectivity index (χ1v) is 11.0. The number of carbonyl (C=O) groups is 1. The molecule has 0 aromatic carbocycles. The summed E-state index contributed by atoms with van der Waals surface area (Å²) in [6.45, 7) is 4.46. The summed E-state index contributed by atoms with van der Waals surface area (Å²) in [4.78, 5) is 11.2. The number of nitrogens with two attached hydrogens (primary N) is 1. The largest absolute Gasteiger partial charge is 0.480 e. The summed E-state index contributed by atoms with van der Waals surface area (Å²) in [7, 11) is 0. The normalized spacial score (nSPS) is 49.6. The minimum absolute atomic E-state index is 0.0111. The second kappa shape index (κ2) is 6.40. The second-order valence-electron chi connectivity index (χ2n) is 10.7. The molecule has 0 amide bonds. The van der Waals surface area contributed by atoms with E-state index < -0.39 is 23.9 Å². The average Bonchev–Trinajstić information content (AvgIpc) is 2.91. The second-order valence-corrected chi connectivity index (χ2v) is 10.7. The smallest absolute Gasteiger partial charge is 0.320 e. The number of carboxylic acid groups (broad SMARTS) is 1. The van der Waals surface area contributed by atoms with Gasteiger partial charge in [0, 0.05) is 12.3 Å². The monoisotopic (exact) mass is 383 g/mol. The van der Waals surface area contributed by atoms with Gasteiger partial charge in [0.2, 0.25) is 0 Å². The van der Waals surface area contributed by atoms with Gasteiger partial charge in [0.15, 0.2) is 0 Å². The van der Waals surface area contributed by atoms with Crippen LogP contribution in [0.1, 0.15) is 78.1 Å². The van der Waals surface area contributed by atoms with E-state index in [9.17, 15) is 9.90 Å². The molecule has 0 aliphatic heterocycles. The molecule has 4 aliphatic carbocycles. The summed E-state index contributed by atoms with van der Waals surface area (Å²) in [6.07, 6.45) is 8.32. The Kier molecular flexibility index (Phi) is 4.64. The van der Waals surface area contributed by atoms with Gasteiger partial charge in [-0.3, -0.25) is 4.79 Å². The van der Waals surface area contributed by atoms with Crippen molar-refractivity contribution in [2.45, 2.75) is 90.0 Å². The topological polar surface area (TPSA) is 63.3 Å². The average molecular weight is 384 g/mol. The van der Waals surface area contributed by atoms with Crippen LogP contribution in [0.2, 0.25) is 0 Å². The maximum Gasteiger partial charge on any atom is 0.320 e. The number of rotatable bonds is 3. The van der Waals surface area contributed by atoms with Crippen LogP contribution in [-0.2, 0) is 4.79 Å². The maximum atomic E-state index is 15.5. The van der Waals surface area contributed by atoms with Crippen molar-refractivity contribution in [2.24, 2.45) is 46.2 Å². The zero-order valence-corrected chi connectivity index (χ0v) is 16.7. The Morgan fingerprint density at radius 1 is 1.07 bits per heavy atom. The van der Waals surface area contributed by atoms with Gasteiger partial charge in [-0.15, -0.1) is 0 Å². The highest BCUT2D eigenvalue weighted by Gasteiger charge is 2.67. The summed E-state index contributed by atoms with van der Waals surface area (Å²) in [5.41, 5.74) is 5.71. The standard InChI is InChI=1S/C22H35F2NO2/c1-20-9-4-3-5-14(20)12-22(23,24)18-15-7-6-13(11-17(25)19(26)27)21(15,2)10-8-16(18)20/h13-18H,3-12,25H2,1-2H3,(H,26,27)/t13?,14?,15?,16?,17?,18?,20-,21?/m0/s1. The number of halogens is 2. The molecule has 7 unspecified atom stereocenters. The molecule has 0 spiro atoms. The van der Waals surface area contributed by atoms with Gasteiger partial charge >= 0.3 is 5.97 Å². The van der Waals surface area contributed by atoms with Crippen molar-refractivity contribution in [3.05, 3.63) is 0 Å². The van der Waals surface area contributed by atoms with Crippen molar-refractivity contribution in [2.75, 3.05) is 0 Å². The molecule has 4 fully saturated rings. The van der Waals surface area contributed by atoms with E-state index in [1.807, 2.05) is 0 Å². The third-order valence-corrected chi connectivity index (χ3v) is 9.63. The van der Waals surface area contributed by atoms with Crippen molar-refractivity contribution < 1.29 is 18.7 Å². The van der Waals surface area contributed by atoms with Gasteiger partial charge in [-0.1, -0.05) is 26.7 Å². The predicted molar refractivity (Wildman–Crippen MR) is 100 cm³/mol. The molecule has 4 saturated carbocycles. The van der Waals surface area contributed by atoms with Crippen molar-refractivity contribution in [3.8, 4) is 0 Å². The summed E-state index contributed by atoms with van der Waals surface area (Å²) in [5, 5.41) is 9.21. The third kappa shape index (κ3) is 2.86. The molecule has 3 nitrogen and oxygen atoms in total. The third-order valence-electron chi connectivity index (χ3n) is 9.63. The first-order valence-electron chi connectivity index (χ1n) is 11.0. The lowest BCUT2D eigenvalue weighted by atomic mass is 9.44. The molecule has 0 heterocycles. The Hall–Kier alpha value is -0.710. The number of aliphatic carboxylic acids is 1. The van der Waals surface area contributed by atoms with Crippen molar-refractivity contribution in [1.82, 2.24) is 0 Å². The molecule has 8 atom stereocenters. The molecule has 0 bridgehead atoms. The fourth-order valence-corrected chi connectivity index (χ4v) is 8.09. The van der Waals surface area contributed by atoms with Gasteiger partial charge in [-0.2, -0.15) is 0 Å². The van der Waals surface area contributed by atoms with E-state index in [1.54, 1.807) is 0 Å². The number of carboxylic acids is 1. The quantitative estimate of drug-likeness (QED) is 0.714. The molecule has 27 heavy (non-hydrogen) atoms. The van der Waals surface area contributed by atoms with Crippen LogP contribution in [0.4, 0.5) is 8.78 Å². The summed E-state index contributed by atoms with van der Waals surface area (Å²) < 4.78 is 31.0. The van der Waals surface area contributed by atoms with E-state index in [2.05, 4.69) is 13.8 Å². The van der Waals surface area contributed by atoms with E-state index in [0.29, 0.717) is 6.42 Å². The molecule has 0 aromatic rings. The zero-order valence-electron chi connectivity index (χ0n) is 16.7. The van der Waals surface area contributed by atoms with Gasteiger partial charge in [-0.25, -0.2) is 8.78 Å². The van der Waals surface area contributed by atoms with Crippen LogP contribution in [0.25, 0.3) is 0 Å². The van der Waals surface area contributed by atoms with E-state index in [1.165, 1.54) is 6.42 Å². The van der Waals surface area contributed by atoms with Crippen molar-refractivity contribution in [3.63, 3.8) is 0 Å². The molecular weight excluding hydrogens is 348 g/mol. The summed E-state index contributed by atoms with van der Waals surface area (Å²) in [5.74, 6) is -3.62. The van der Waals surface area contributed by atoms with Gasteiger partial charge in [0.05, 0.1) is 0 Å². The highest BCUT2D eigenvalue weighted by atomic mass is 19.3. The van der Waals surface area contributed by atoms with E-state index in [0.717, 1.165) is 44.9 Å². The number of hydrogen-bond donors (Lipinski definition) is 2. The fraction of sp³-hybridized carbons (Fsp3) is 0.955. The van der Waals surface area contributed by atoms with Gasteiger partial charge < -0.3 is 10.8 Å². The van der Waals surface area contributed by atoms with Gasteiger partial charge in [-0.05, 0) is 79.4 Å². The first-order chi connectivity index (χ1) is 12.6. The lowest BCUT2D eigenvalue weighted by Gasteiger charge is -2.62. The van der Waals surface area contributed by atoms with Crippen LogP contribution in [0, 0.1) is 40.4 Å². The molecule has 154 valence electrons. The number of fused-ring (bicyclic) bond motifs is 5. The minimum Gasteiger partial charge on any atom is -0.480 e. The maximum absolute atomic E-state index is 15.5. The van der Waals surface area contributed by atoms with E-state index >= 15 is 8.78 Å². The van der Waals surface area contributed by atoms with Crippen LogP contribution in [0.5, 0.6) is 0 Å². The molecule has 3 N–H and O–H groups in total. The fourth-order valence-electron chi connectivity index (χ4n) is 8.09. The highest BCUT2D eigenvalue weighted by Crippen LogP contribution is 2.70. The Balaban J connectivity index is 1.63. The molecule has 0 radical (unpaired) electrons. The molecular formula is C22H35F2NO2. The minimum atomic E-state index is -2.58. The van der Waals surface area contributed by atoms with E-state index in [-0.39, 0.29) is 40.9 Å². The van der Waals surface area contributed by atoms with Crippen LogP contribution in [-0.4, -0.2) is 23.0 Å². The van der Waals surface area contributed by atoms with Crippen LogP contribution >= 0.6 is 0 Å². The van der Waals surface area contributed by atoms with Gasteiger partial charge in [0.25, 0.3) is 5.92 Å². The lowest BCUT2D eigenvalue weighted by Crippen LogP contribution is -2.60.